The first kappa shape index (κ1) is 15.8. The van der Waals surface area contributed by atoms with E-state index in [0.29, 0.717) is 17.0 Å². The molecule has 0 fully saturated rings. The normalized spacial score (nSPS) is 11.4. The second-order valence-electron chi connectivity index (χ2n) is 3.94. The number of nitrogens with one attached hydrogen (secondary N) is 1. The van der Waals surface area contributed by atoms with Gasteiger partial charge in [-0.15, -0.1) is 5.10 Å². The number of benzene rings is 1. The van der Waals surface area contributed by atoms with E-state index in [1.165, 1.54) is 6.07 Å². The van der Waals surface area contributed by atoms with Crippen molar-refractivity contribution in [2.24, 2.45) is 0 Å². The summed E-state index contributed by atoms with van der Waals surface area (Å²) in [6.07, 6.45) is 0.539. The third kappa shape index (κ3) is 3.55. The number of amides is 1. The van der Waals surface area contributed by atoms with Crippen molar-refractivity contribution in [3.05, 3.63) is 34.6 Å². The number of anilines is 1. The van der Waals surface area contributed by atoms with E-state index in [1.54, 1.807) is 0 Å². The second kappa shape index (κ2) is 6.04. The zero-order valence-electron chi connectivity index (χ0n) is 10.6. The zero-order chi connectivity index (χ0) is 15.6. The molecular weight excluding hydrogens is 341 g/mol. The van der Waals surface area contributed by atoms with E-state index in [0.717, 1.165) is 23.7 Å². The largest absolute Gasteiger partial charge is 0.321 e. The van der Waals surface area contributed by atoms with Gasteiger partial charge in [-0.2, -0.15) is 0 Å². The Balaban J connectivity index is 2.25. The number of hydrogen-bond donors (Lipinski definition) is 1. The summed E-state index contributed by atoms with van der Waals surface area (Å²) in [7, 11) is 0.907. The lowest BCUT2D eigenvalue weighted by molar-refractivity contribution is 0.102. The van der Waals surface area contributed by atoms with E-state index in [2.05, 4.69) is 14.9 Å². The van der Waals surface area contributed by atoms with E-state index in [1.807, 2.05) is 6.92 Å². The van der Waals surface area contributed by atoms with E-state index >= 15 is 0 Å². The number of halogens is 2. The first-order chi connectivity index (χ1) is 9.82. The van der Waals surface area contributed by atoms with Crippen LogP contribution in [0.2, 0.25) is 0 Å². The average molecular weight is 350 g/mol. The Morgan fingerprint density at radius 2 is 2.19 bits per heavy atom. The molecule has 112 valence electrons. The highest BCUT2D eigenvalue weighted by atomic mass is 35.7. The minimum atomic E-state index is -4.17. The molecule has 0 bridgehead atoms. The zero-order valence-corrected chi connectivity index (χ0v) is 13.0. The molecule has 0 saturated heterocycles. The lowest BCUT2D eigenvalue weighted by atomic mass is 10.2. The van der Waals surface area contributed by atoms with Crippen LogP contribution in [0, 0.1) is 5.82 Å². The van der Waals surface area contributed by atoms with Crippen molar-refractivity contribution in [2.45, 2.75) is 18.2 Å². The van der Waals surface area contributed by atoms with Crippen LogP contribution in [0.4, 0.5) is 10.1 Å². The van der Waals surface area contributed by atoms with Crippen molar-refractivity contribution < 1.29 is 17.6 Å². The molecule has 0 radical (unpaired) electrons. The number of nitrogens with zero attached hydrogens (tertiary/aromatic N) is 2. The highest BCUT2D eigenvalue weighted by molar-refractivity contribution is 8.13. The van der Waals surface area contributed by atoms with Crippen LogP contribution in [0.1, 0.15) is 22.3 Å². The maximum atomic E-state index is 13.6. The highest BCUT2D eigenvalue weighted by Crippen LogP contribution is 2.23. The Morgan fingerprint density at radius 3 is 2.76 bits per heavy atom. The summed E-state index contributed by atoms with van der Waals surface area (Å²) in [5.41, 5.74) is 0.648. The highest BCUT2D eigenvalue weighted by Gasteiger charge is 2.18. The molecule has 1 aromatic carbocycles. The first-order valence-corrected chi connectivity index (χ1v) is 8.78. The van der Waals surface area contributed by atoms with Crippen LogP contribution in [0.5, 0.6) is 0 Å². The van der Waals surface area contributed by atoms with E-state index in [9.17, 15) is 17.6 Å². The SMILES string of the molecule is CCc1nnsc1C(=O)Nc1ccc(S(=O)(=O)Cl)c(F)c1. The predicted octanol–water partition coefficient (Wildman–Crippen LogP) is 2.42. The minimum Gasteiger partial charge on any atom is -0.321 e. The van der Waals surface area contributed by atoms with E-state index in [-0.39, 0.29) is 5.69 Å². The van der Waals surface area contributed by atoms with Gasteiger partial charge in [-0.3, -0.25) is 4.79 Å². The van der Waals surface area contributed by atoms with Crippen molar-refractivity contribution in [3.8, 4) is 0 Å². The monoisotopic (exact) mass is 349 g/mol. The molecule has 2 rings (SSSR count). The van der Waals surface area contributed by atoms with Gasteiger partial charge in [0.2, 0.25) is 0 Å². The van der Waals surface area contributed by atoms with Crippen LogP contribution in [0.25, 0.3) is 0 Å². The van der Waals surface area contributed by atoms with Crippen LogP contribution in [-0.2, 0) is 15.5 Å². The molecule has 1 aromatic heterocycles. The van der Waals surface area contributed by atoms with Gasteiger partial charge in [-0.1, -0.05) is 11.4 Å². The minimum absolute atomic E-state index is 0.108. The molecule has 21 heavy (non-hydrogen) atoms. The maximum Gasteiger partial charge on any atom is 0.269 e. The lowest BCUT2D eigenvalue weighted by Crippen LogP contribution is -2.12. The molecule has 1 heterocycles. The van der Waals surface area contributed by atoms with Gasteiger partial charge in [-0.05, 0) is 36.2 Å². The Hall–Kier alpha value is -1.58. The summed E-state index contributed by atoms with van der Waals surface area (Å²) < 4.78 is 39.5. The van der Waals surface area contributed by atoms with Crippen molar-refractivity contribution in [1.29, 1.82) is 0 Å². The topological polar surface area (TPSA) is 89.0 Å². The number of aromatic nitrogens is 2. The van der Waals surface area contributed by atoms with Crippen molar-refractivity contribution >= 4 is 42.9 Å². The number of carbonyl (C=O) groups is 1. The smallest absolute Gasteiger partial charge is 0.269 e. The molecule has 0 spiro atoms. The Bertz CT molecular complexity index is 792. The van der Waals surface area contributed by atoms with Gasteiger partial charge in [0.15, 0.2) is 0 Å². The van der Waals surface area contributed by atoms with Crippen LogP contribution in [0.15, 0.2) is 23.1 Å². The fourth-order valence-electron chi connectivity index (χ4n) is 1.58. The lowest BCUT2D eigenvalue weighted by Gasteiger charge is -2.06. The summed E-state index contributed by atoms with van der Waals surface area (Å²) >= 11 is 0.929. The van der Waals surface area contributed by atoms with Gasteiger partial charge in [0.05, 0.1) is 5.69 Å². The van der Waals surface area contributed by atoms with Gasteiger partial charge < -0.3 is 5.32 Å². The molecule has 1 amide bonds. The molecule has 0 aliphatic rings. The van der Waals surface area contributed by atoms with Gasteiger partial charge in [0, 0.05) is 16.4 Å². The number of rotatable bonds is 4. The molecule has 10 heteroatoms. The van der Waals surface area contributed by atoms with Gasteiger partial charge in [0.25, 0.3) is 15.0 Å². The van der Waals surface area contributed by atoms with Gasteiger partial charge in [0.1, 0.15) is 15.6 Å². The predicted molar refractivity (Wildman–Crippen MR) is 76.7 cm³/mol. The third-order valence-electron chi connectivity index (χ3n) is 2.55. The average Bonchev–Trinajstić information content (AvgIpc) is 2.85. The molecular formula is C11H9ClFN3O3S2. The standard InChI is InChI=1S/C11H9ClFN3O3S2/c1-2-8-10(20-16-15-8)11(17)14-6-3-4-9(7(13)5-6)21(12,18)19/h3-5H,2H2,1H3,(H,14,17). The Labute approximate surface area is 128 Å². The Morgan fingerprint density at radius 1 is 1.48 bits per heavy atom. The van der Waals surface area contributed by atoms with Crippen LogP contribution in [0.3, 0.4) is 0 Å². The molecule has 6 nitrogen and oxygen atoms in total. The summed E-state index contributed by atoms with van der Waals surface area (Å²) in [6, 6.07) is 3.11. The molecule has 1 N–H and O–H groups in total. The summed E-state index contributed by atoms with van der Waals surface area (Å²) in [5.74, 6) is -1.52. The molecule has 0 atom stereocenters. The molecule has 0 saturated carbocycles. The molecule has 0 unspecified atom stereocenters. The van der Waals surface area contributed by atoms with Gasteiger partial charge >= 0.3 is 0 Å². The second-order valence-corrected chi connectivity index (χ2v) is 7.23. The quantitative estimate of drug-likeness (QED) is 0.856. The number of carbonyl (C=O) groups excluding carboxylic acids is 1. The van der Waals surface area contributed by atoms with Crippen molar-refractivity contribution in [1.82, 2.24) is 9.59 Å². The summed E-state index contributed by atoms with van der Waals surface area (Å²) in [6.45, 7) is 1.83. The van der Waals surface area contributed by atoms with Crippen molar-refractivity contribution in [3.63, 3.8) is 0 Å². The van der Waals surface area contributed by atoms with Crippen LogP contribution >= 0.6 is 22.2 Å². The van der Waals surface area contributed by atoms with E-state index in [4.69, 9.17) is 10.7 Å². The van der Waals surface area contributed by atoms with Gasteiger partial charge in [-0.25, -0.2) is 12.8 Å². The number of hydrogen-bond acceptors (Lipinski definition) is 6. The van der Waals surface area contributed by atoms with Crippen LogP contribution in [-0.4, -0.2) is 23.9 Å². The summed E-state index contributed by atoms with van der Waals surface area (Å²) in [5, 5.41) is 6.25. The molecule has 0 aliphatic heterocycles. The third-order valence-corrected chi connectivity index (χ3v) is 4.67. The molecule has 2 aromatic rings. The van der Waals surface area contributed by atoms with Crippen molar-refractivity contribution in [2.75, 3.05) is 5.32 Å². The first-order valence-electron chi connectivity index (χ1n) is 5.69. The maximum absolute atomic E-state index is 13.6. The summed E-state index contributed by atoms with van der Waals surface area (Å²) in [4.78, 5) is 11.7. The Kier molecular flexibility index (Phi) is 4.55. The fraction of sp³-hybridized carbons (Fsp3) is 0.182. The van der Waals surface area contributed by atoms with Crippen LogP contribution < -0.4 is 5.32 Å². The molecule has 0 aliphatic carbocycles. The number of aryl methyl sites for hydroxylation is 1. The van der Waals surface area contributed by atoms with E-state index < -0.39 is 25.7 Å². The fourth-order valence-corrected chi connectivity index (χ4v) is 3.12.